The molecule has 5 nitrogen and oxygen atoms in total. The number of guanidine groups is 1. The quantitative estimate of drug-likeness (QED) is 0.317. The molecule has 3 rings (SSSR count). The number of aliphatic imine (C=N–C) groups is 1. The van der Waals surface area contributed by atoms with Crippen LogP contribution in [0.15, 0.2) is 50.7 Å². The highest BCUT2D eigenvalue weighted by Crippen LogP contribution is 2.23. The average Bonchev–Trinajstić information content (AvgIpc) is 3.32. The Hall–Kier alpha value is -1.39. The second kappa shape index (κ2) is 9.80. The van der Waals surface area contributed by atoms with Crippen molar-refractivity contribution in [3.63, 3.8) is 0 Å². The fourth-order valence-corrected chi connectivity index (χ4v) is 3.28. The predicted octanol–water partition coefficient (Wildman–Crippen LogP) is 4.34. The molecule has 0 amide bonds. The third-order valence-electron chi connectivity index (χ3n) is 3.04. The molecule has 3 aromatic heterocycles. The molecule has 0 aliphatic carbocycles. The number of oxazole rings is 1. The minimum absolute atomic E-state index is 0. The molecule has 8 heteroatoms. The molecule has 0 fully saturated rings. The van der Waals surface area contributed by atoms with Crippen molar-refractivity contribution in [1.82, 2.24) is 15.6 Å². The van der Waals surface area contributed by atoms with Crippen molar-refractivity contribution < 1.29 is 4.42 Å². The number of thiophene rings is 2. The van der Waals surface area contributed by atoms with Crippen LogP contribution in [0.5, 0.6) is 0 Å². The zero-order valence-corrected chi connectivity index (χ0v) is 17.2. The number of hydrogen-bond acceptors (Lipinski definition) is 5. The van der Waals surface area contributed by atoms with E-state index in [-0.39, 0.29) is 24.0 Å². The molecule has 0 spiro atoms. The van der Waals surface area contributed by atoms with Crippen LogP contribution in [0.4, 0.5) is 0 Å². The molecular formula is C16H19IN4OS2. The number of rotatable bonds is 6. The maximum atomic E-state index is 5.51. The Morgan fingerprint density at radius 2 is 2.04 bits per heavy atom. The molecule has 0 bridgehead atoms. The first-order chi connectivity index (χ1) is 11.3. The summed E-state index contributed by atoms with van der Waals surface area (Å²) in [5.41, 5.74) is 0.821. The van der Waals surface area contributed by atoms with Crippen LogP contribution in [0.2, 0.25) is 0 Å². The first kappa shape index (κ1) is 18.9. The van der Waals surface area contributed by atoms with Crippen LogP contribution in [0.3, 0.4) is 0 Å². The van der Waals surface area contributed by atoms with Gasteiger partial charge in [-0.3, -0.25) is 0 Å². The van der Waals surface area contributed by atoms with Gasteiger partial charge in [0.05, 0.1) is 18.0 Å². The first-order valence-corrected chi connectivity index (χ1v) is 9.14. The Labute approximate surface area is 166 Å². The maximum absolute atomic E-state index is 5.51. The van der Waals surface area contributed by atoms with E-state index in [9.17, 15) is 0 Å². The minimum atomic E-state index is 0. The van der Waals surface area contributed by atoms with Crippen molar-refractivity contribution in [1.29, 1.82) is 0 Å². The Morgan fingerprint density at radius 3 is 2.75 bits per heavy atom. The highest BCUT2D eigenvalue weighted by molar-refractivity contribution is 14.0. The smallest absolute Gasteiger partial charge is 0.236 e. The lowest BCUT2D eigenvalue weighted by atomic mass is 10.4. The molecule has 3 heterocycles. The lowest BCUT2D eigenvalue weighted by Gasteiger charge is -2.09. The Morgan fingerprint density at radius 1 is 1.21 bits per heavy atom. The molecule has 0 atom stereocenters. The van der Waals surface area contributed by atoms with Gasteiger partial charge in [0, 0.05) is 11.4 Å². The van der Waals surface area contributed by atoms with E-state index in [1.807, 2.05) is 30.5 Å². The molecular weight excluding hydrogens is 455 g/mol. The van der Waals surface area contributed by atoms with Gasteiger partial charge < -0.3 is 15.1 Å². The van der Waals surface area contributed by atoms with Gasteiger partial charge in [-0.15, -0.1) is 46.7 Å². The topological polar surface area (TPSA) is 62.5 Å². The van der Waals surface area contributed by atoms with Crippen molar-refractivity contribution in [2.75, 3.05) is 6.54 Å². The molecule has 2 N–H and O–H groups in total. The largest absolute Gasteiger partial charge is 0.443 e. The van der Waals surface area contributed by atoms with Crippen molar-refractivity contribution >= 4 is 52.6 Å². The van der Waals surface area contributed by atoms with Gasteiger partial charge in [0.15, 0.2) is 5.96 Å². The number of nitrogens with zero attached hydrogens (tertiary/aromatic N) is 2. The van der Waals surface area contributed by atoms with Gasteiger partial charge in [-0.25, -0.2) is 9.98 Å². The minimum Gasteiger partial charge on any atom is -0.443 e. The van der Waals surface area contributed by atoms with Gasteiger partial charge in [0.1, 0.15) is 12.0 Å². The van der Waals surface area contributed by atoms with Gasteiger partial charge in [0.25, 0.3) is 0 Å². The summed E-state index contributed by atoms with van der Waals surface area (Å²) in [6.07, 6.45) is 1.67. The average molecular weight is 474 g/mol. The Bertz CT molecular complexity index is 738. The maximum Gasteiger partial charge on any atom is 0.236 e. The molecule has 0 aliphatic heterocycles. The number of aromatic nitrogens is 1. The van der Waals surface area contributed by atoms with E-state index in [0.717, 1.165) is 29.6 Å². The van der Waals surface area contributed by atoms with Gasteiger partial charge in [-0.2, -0.15) is 0 Å². The molecule has 0 saturated carbocycles. The highest BCUT2D eigenvalue weighted by atomic mass is 127. The van der Waals surface area contributed by atoms with E-state index in [1.165, 1.54) is 4.88 Å². The molecule has 24 heavy (non-hydrogen) atoms. The van der Waals surface area contributed by atoms with Gasteiger partial charge in [-0.05, 0) is 29.8 Å². The van der Waals surface area contributed by atoms with Crippen LogP contribution in [0.1, 0.15) is 17.5 Å². The van der Waals surface area contributed by atoms with Crippen molar-refractivity contribution in [3.05, 3.63) is 51.9 Å². The summed E-state index contributed by atoms with van der Waals surface area (Å²) in [6.45, 7) is 4.11. The van der Waals surface area contributed by atoms with Gasteiger partial charge in [-0.1, -0.05) is 12.1 Å². The van der Waals surface area contributed by atoms with E-state index in [4.69, 9.17) is 4.42 Å². The summed E-state index contributed by atoms with van der Waals surface area (Å²) < 4.78 is 5.51. The van der Waals surface area contributed by atoms with E-state index < -0.39 is 0 Å². The summed E-state index contributed by atoms with van der Waals surface area (Å²) >= 11 is 3.34. The molecule has 0 aliphatic rings. The summed E-state index contributed by atoms with van der Waals surface area (Å²) in [4.78, 5) is 11.3. The lowest BCUT2D eigenvalue weighted by molar-refractivity contribution is 0.574. The number of halogens is 1. The van der Waals surface area contributed by atoms with E-state index in [2.05, 4.69) is 32.1 Å². The fraction of sp³-hybridized carbons (Fsp3) is 0.250. The SMILES string of the molecule is CCNC(=NCc1coc(-c2cccs2)n1)NCc1cccs1.I. The van der Waals surface area contributed by atoms with Crippen LogP contribution in [-0.2, 0) is 13.1 Å². The van der Waals surface area contributed by atoms with Crippen LogP contribution < -0.4 is 10.6 Å². The van der Waals surface area contributed by atoms with Crippen LogP contribution in [0, 0.1) is 0 Å². The van der Waals surface area contributed by atoms with Gasteiger partial charge in [0.2, 0.25) is 5.89 Å². The zero-order chi connectivity index (χ0) is 15.9. The molecule has 0 radical (unpaired) electrons. The normalized spacial score (nSPS) is 11.1. The van der Waals surface area contributed by atoms with E-state index in [0.29, 0.717) is 12.4 Å². The van der Waals surface area contributed by atoms with Gasteiger partial charge >= 0.3 is 0 Å². The van der Waals surface area contributed by atoms with Crippen LogP contribution >= 0.6 is 46.7 Å². The third kappa shape index (κ3) is 5.32. The fourth-order valence-electron chi connectivity index (χ4n) is 1.98. The second-order valence-electron chi connectivity index (χ2n) is 4.75. The molecule has 128 valence electrons. The van der Waals surface area contributed by atoms with E-state index >= 15 is 0 Å². The molecule has 3 aromatic rings. The van der Waals surface area contributed by atoms with Crippen molar-refractivity contribution in [3.8, 4) is 10.8 Å². The zero-order valence-electron chi connectivity index (χ0n) is 13.2. The molecule has 0 unspecified atom stereocenters. The highest BCUT2D eigenvalue weighted by Gasteiger charge is 2.07. The summed E-state index contributed by atoms with van der Waals surface area (Å²) in [5, 5.41) is 10.6. The summed E-state index contributed by atoms with van der Waals surface area (Å²) in [5.74, 6) is 1.43. The molecule has 0 saturated heterocycles. The Kier molecular flexibility index (Phi) is 7.73. The lowest BCUT2D eigenvalue weighted by Crippen LogP contribution is -2.36. The van der Waals surface area contributed by atoms with Crippen LogP contribution in [-0.4, -0.2) is 17.5 Å². The second-order valence-corrected chi connectivity index (χ2v) is 6.73. The first-order valence-electron chi connectivity index (χ1n) is 7.38. The van der Waals surface area contributed by atoms with Crippen molar-refractivity contribution in [2.45, 2.75) is 20.0 Å². The van der Waals surface area contributed by atoms with Crippen molar-refractivity contribution in [2.24, 2.45) is 4.99 Å². The monoisotopic (exact) mass is 474 g/mol. The number of nitrogens with one attached hydrogen (secondary N) is 2. The Balaban J connectivity index is 0.00000208. The number of hydrogen-bond donors (Lipinski definition) is 2. The third-order valence-corrected chi connectivity index (χ3v) is 4.77. The standard InChI is InChI=1S/C16H18N4OS2.HI/c1-2-17-16(19-10-13-5-3-7-22-13)18-9-12-11-21-15(20-12)14-6-4-8-23-14;/h3-8,11H,2,9-10H2,1H3,(H2,17,18,19);1H. The van der Waals surface area contributed by atoms with Crippen LogP contribution in [0.25, 0.3) is 10.8 Å². The molecule has 0 aromatic carbocycles. The summed E-state index contributed by atoms with van der Waals surface area (Å²) in [6, 6.07) is 8.13. The predicted molar refractivity (Wildman–Crippen MR) is 111 cm³/mol. The summed E-state index contributed by atoms with van der Waals surface area (Å²) in [7, 11) is 0. The van der Waals surface area contributed by atoms with E-state index in [1.54, 1.807) is 28.9 Å².